The summed E-state index contributed by atoms with van der Waals surface area (Å²) in [5, 5.41) is 10.4. The summed E-state index contributed by atoms with van der Waals surface area (Å²) in [6.07, 6.45) is 5.97. The lowest BCUT2D eigenvalue weighted by Crippen LogP contribution is -2.48. The normalized spacial score (nSPS) is 23.6. The number of phenols is 1. The first-order valence-electron chi connectivity index (χ1n) is 7.42. The molecular weight excluding hydrogens is 238 g/mol. The molecule has 1 saturated carbocycles. The number of aryl methyl sites for hydroxylation is 1. The predicted molar refractivity (Wildman–Crippen MR) is 75.6 cm³/mol. The van der Waals surface area contributed by atoms with Gasteiger partial charge in [0.2, 0.25) is 0 Å². The SMILES string of the molecule is CCc1cc2c(c(CC)c1O)C(N)CC1(CCC1)O2. The van der Waals surface area contributed by atoms with E-state index < -0.39 is 0 Å². The minimum Gasteiger partial charge on any atom is -0.507 e. The molecule has 1 aliphatic heterocycles. The summed E-state index contributed by atoms with van der Waals surface area (Å²) in [4.78, 5) is 0. The van der Waals surface area contributed by atoms with Gasteiger partial charge in [0, 0.05) is 23.6 Å². The lowest BCUT2D eigenvalue weighted by atomic mass is 9.72. The molecule has 0 amide bonds. The zero-order chi connectivity index (χ0) is 13.6. The van der Waals surface area contributed by atoms with Crippen molar-refractivity contribution in [3.8, 4) is 11.5 Å². The lowest BCUT2D eigenvalue weighted by molar-refractivity contribution is -0.0333. The molecule has 1 aromatic carbocycles. The number of nitrogens with two attached hydrogens (primary N) is 1. The van der Waals surface area contributed by atoms with Gasteiger partial charge in [0.1, 0.15) is 17.1 Å². The van der Waals surface area contributed by atoms with Crippen LogP contribution in [0.5, 0.6) is 11.5 Å². The van der Waals surface area contributed by atoms with Crippen LogP contribution in [0, 0.1) is 0 Å². The van der Waals surface area contributed by atoms with Gasteiger partial charge in [0.05, 0.1) is 0 Å². The summed E-state index contributed by atoms with van der Waals surface area (Å²) < 4.78 is 6.27. The average Bonchev–Trinajstić information content (AvgIpc) is 2.36. The number of phenolic OH excluding ortho intramolecular Hbond substituents is 1. The van der Waals surface area contributed by atoms with Crippen molar-refractivity contribution >= 4 is 0 Å². The van der Waals surface area contributed by atoms with E-state index in [0.29, 0.717) is 5.75 Å². The molecule has 0 radical (unpaired) electrons. The second kappa shape index (κ2) is 4.41. The summed E-state index contributed by atoms with van der Waals surface area (Å²) >= 11 is 0. The highest BCUT2D eigenvalue weighted by molar-refractivity contribution is 5.55. The molecule has 3 heteroatoms. The molecule has 1 fully saturated rings. The molecule has 0 aromatic heterocycles. The fourth-order valence-electron chi connectivity index (χ4n) is 3.55. The minimum atomic E-state index is -0.0145. The van der Waals surface area contributed by atoms with E-state index in [4.69, 9.17) is 10.5 Å². The molecule has 3 N–H and O–H groups in total. The average molecular weight is 261 g/mol. The van der Waals surface area contributed by atoms with E-state index in [-0.39, 0.29) is 11.6 Å². The van der Waals surface area contributed by atoms with Crippen LogP contribution >= 0.6 is 0 Å². The Morgan fingerprint density at radius 3 is 2.63 bits per heavy atom. The van der Waals surface area contributed by atoms with Crippen LogP contribution in [0.4, 0.5) is 0 Å². The summed E-state index contributed by atoms with van der Waals surface area (Å²) in [6.45, 7) is 4.12. The number of rotatable bonds is 2. The fourth-order valence-corrected chi connectivity index (χ4v) is 3.55. The zero-order valence-corrected chi connectivity index (χ0v) is 11.8. The monoisotopic (exact) mass is 261 g/mol. The van der Waals surface area contributed by atoms with Crippen LogP contribution in [0.1, 0.15) is 62.3 Å². The summed E-state index contributed by atoms with van der Waals surface area (Å²) in [5.41, 5.74) is 9.35. The zero-order valence-electron chi connectivity index (χ0n) is 11.8. The van der Waals surface area contributed by atoms with Gasteiger partial charge in [0.15, 0.2) is 0 Å². The molecule has 0 saturated heterocycles. The largest absolute Gasteiger partial charge is 0.507 e. The Morgan fingerprint density at radius 1 is 1.37 bits per heavy atom. The smallest absolute Gasteiger partial charge is 0.125 e. The number of ether oxygens (including phenoxy) is 1. The van der Waals surface area contributed by atoms with E-state index in [2.05, 4.69) is 13.8 Å². The molecule has 3 nitrogen and oxygen atoms in total. The maximum Gasteiger partial charge on any atom is 0.125 e. The first-order valence-corrected chi connectivity index (χ1v) is 7.42. The Hall–Kier alpha value is -1.22. The maximum absolute atomic E-state index is 10.4. The Morgan fingerprint density at radius 2 is 2.11 bits per heavy atom. The van der Waals surface area contributed by atoms with Crippen molar-refractivity contribution in [2.75, 3.05) is 0 Å². The van der Waals surface area contributed by atoms with Crippen molar-refractivity contribution in [3.05, 3.63) is 22.8 Å². The second-order valence-corrected chi connectivity index (χ2v) is 5.93. The van der Waals surface area contributed by atoms with Crippen molar-refractivity contribution < 1.29 is 9.84 Å². The number of aromatic hydroxyl groups is 1. The Kier molecular flexibility index (Phi) is 2.97. The van der Waals surface area contributed by atoms with Crippen LogP contribution in [0.25, 0.3) is 0 Å². The van der Waals surface area contributed by atoms with Gasteiger partial charge < -0.3 is 15.6 Å². The number of hydrogen-bond acceptors (Lipinski definition) is 3. The number of hydrogen-bond donors (Lipinski definition) is 2. The Bertz CT molecular complexity index is 506. The van der Waals surface area contributed by atoms with Gasteiger partial charge >= 0.3 is 0 Å². The second-order valence-electron chi connectivity index (χ2n) is 5.93. The molecule has 3 rings (SSSR count). The van der Waals surface area contributed by atoms with Gasteiger partial charge in [-0.15, -0.1) is 0 Å². The highest BCUT2D eigenvalue weighted by Crippen LogP contribution is 2.51. The molecule has 1 aromatic rings. The predicted octanol–water partition coefficient (Wildman–Crippen LogP) is 3.22. The molecule has 0 bridgehead atoms. The van der Waals surface area contributed by atoms with E-state index in [9.17, 15) is 5.11 Å². The van der Waals surface area contributed by atoms with Crippen molar-refractivity contribution in [1.29, 1.82) is 0 Å². The van der Waals surface area contributed by atoms with Gasteiger partial charge in [-0.1, -0.05) is 13.8 Å². The van der Waals surface area contributed by atoms with Crippen LogP contribution in [0.2, 0.25) is 0 Å². The van der Waals surface area contributed by atoms with Gasteiger partial charge in [-0.05, 0) is 43.7 Å². The molecule has 19 heavy (non-hydrogen) atoms. The van der Waals surface area contributed by atoms with Crippen molar-refractivity contribution in [1.82, 2.24) is 0 Å². The van der Waals surface area contributed by atoms with Gasteiger partial charge in [-0.25, -0.2) is 0 Å². The third kappa shape index (κ3) is 1.83. The van der Waals surface area contributed by atoms with Crippen molar-refractivity contribution in [3.63, 3.8) is 0 Å². The summed E-state index contributed by atoms with van der Waals surface area (Å²) in [5.74, 6) is 1.34. The van der Waals surface area contributed by atoms with Crippen molar-refractivity contribution in [2.24, 2.45) is 5.73 Å². The molecular formula is C16H23NO2. The molecule has 1 aliphatic carbocycles. The Balaban J connectivity index is 2.12. The minimum absolute atomic E-state index is 0.00388. The first kappa shape index (κ1) is 12.8. The molecule has 1 unspecified atom stereocenters. The third-order valence-electron chi connectivity index (χ3n) is 4.77. The van der Waals surface area contributed by atoms with Crippen LogP contribution in [0.3, 0.4) is 0 Å². The summed E-state index contributed by atoms with van der Waals surface area (Å²) in [7, 11) is 0. The van der Waals surface area contributed by atoms with E-state index in [1.807, 2.05) is 6.07 Å². The van der Waals surface area contributed by atoms with Gasteiger partial charge in [-0.2, -0.15) is 0 Å². The number of fused-ring (bicyclic) bond motifs is 1. The number of benzene rings is 1. The third-order valence-corrected chi connectivity index (χ3v) is 4.77. The van der Waals surface area contributed by atoms with Crippen LogP contribution in [-0.4, -0.2) is 10.7 Å². The lowest BCUT2D eigenvalue weighted by Gasteiger charge is -2.47. The fraction of sp³-hybridized carbons (Fsp3) is 0.625. The first-order chi connectivity index (χ1) is 9.10. The van der Waals surface area contributed by atoms with E-state index in [1.54, 1.807) is 0 Å². The molecule has 1 spiro atoms. The standard InChI is InChI=1S/C16H23NO2/c1-3-10-8-13-14(11(4-2)15(10)18)12(17)9-16(19-13)6-5-7-16/h8,12,18H,3-7,9,17H2,1-2H3. The maximum atomic E-state index is 10.4. The summed E-state index contributed by atoms with van der Waals surface area (Å²) in [6, 6.07) is 2.00. The molecule has 104 valence electrons. The van der Waals surface area contributed by atoms with Gasteiger partial charge in [-0.3, -0.25) is 0 Å². The van der Waals surface area contributed by atoms with E-state index >= 15 is 0 Å². The van der Waals surface area contributed by atoms with Crippen molar-refractivity contribution in [2.45, 2.75) is 64.0 Å². The van der Waals surface area contributed by atoms with Gasteiger partial charge in [0.25, 0.3) is 0 Å². The van der Waals surface area contributed by atoms with E-state index in [0.717, 1.165) is 54.5 Å². The molecule has 2 aliphatic rings. The topological polar surface area (TPSA) is 55.5 Å². The van der Waals surface area contributed by atoms with Crippen LogP contribution < -0.4 is 10.5 Å². The molecule has 1 heterocycles. The Labute approximate surface area is 114 Å². The highest BCUT2D eigenvalue weighted by atomic mass is 16.5. The molecule has 1 atom stereocenters. The quantitative estimate of drug-likeness (QED) is 0.859. The van der Waals surface area contributed by atoms with E-state index in [1.165, 1.54) is 6.42 Å². The highest BCUT2D eigenvalue weighted by Gasteiger charge is 2.45. The van der Waals surface area contributed by atoms with Crippen LogP contribution in [-0.2, 0) is 12.8 Å². The van der Waals surface area contributed by atoms with Crippen LogP contribution in [0.15, 0.2) is 6.07 Å².